The molecule has 1 fully saturated rings. The molecule has 2 unspecified atom stereocenters. The largest absolute Gasteiger partial charge is 0.380 e. The number of rotatable bonds is 9. The first-order chi connectivity index (χ1) is 8.38. The molecule has 0 saturated heterocycles. The lowest BCUT2D eigenvalue weighted by Crippen LogP contribution is -2.43. The average Bonchev–Trinajstić information content (AvgIpc) is 2.38. The Balaban J connectivity index is 1.97. The summed E-state index contributed by atoms with van der Waals surface area (Å²) in [5.41, 5.74) is 0. The molecule has 102 valence electrons. The third-order valence-electron chi connectivity index (χ3n) is 3.94. The number of ether oxygens (including phenoxy) is 1. The summed E-state index contributed by atoms with van der Waals surface area (Å²) in [6.07, 6.45) is 14.0. The van der Waals surface area contributed by atoms with Gasteiger partial charge in [0.1, 0.15) is 0 Å². The van der Waals surface area contributed by atoms with Crippen LogP contribution in [-0.4, -0.2) is 25.8 Å². The van der Waals surface area contributed by atoms with Crippen LogP contribution in [0.25, 0.3) is 0 Å². The first kappa shape index (κ1) is 15.0. The first-order valence-corrected chi connectivity index (χ1v) is 7.64. The zero-order valence-electron chi connectivity index (χ0n) is 11.8. The van der Waals surface area contributed by atoms with Crippen molar-refractivity contribution in [3.05, 3.63) is 0 Å². The summed E-state index contributed by atoms with van der Waals surface area (Å²) in [6.45, 7) is 3.45. The van der Waals surface area contributed by atoms with Crippen LogP contribution >= 0.6 is 0 Å². The van der Waals surface area contributed by atoms with E-state index in [0.29, 0.717) is 12.1 Å². The van der Waals surface area contributed by atoms with E-state index in [1.165, 1.54) is 70.8 Å². The van der Waals surface area contributed by atoms with Crippen molar-refractivity contribution in [2.45, 2.75) is 83.3 Å². The van der Waals surface area contributed by atoms with Crippen LogP contribution in [0.2, 0.25) is 0 Å². The molecule has 0 aromatic rings. The van der Waals surface area contributed by atoms with Gasteiger partial charge in [-0.1, -0.05) is 51.9 Å². The fourth-order valence-corrected chi connectivity index (χ4v) is 2.81. The molecule has 0 aliphatic heterocycles. The van der Waals surface area contributed by atoms with Crippen LogP contribution < -0.4 is 5.32 Å². The Bertz CT molecular complexity index is 172. The molecule has 0 spiro atoms. The number of nitrogens with one attached hydrogen (secondary N) is 1. The van der Waals surface area contributed by atoms with Crippen LogP contribution in [0.5, 0.6) is 0 Å². The summed E-state index contributed by atoms with van der Waals surface area (Å²) in [4.78, 5) is 0. The van der Waals surface area contributed by atoms with Crippen molar-refractivity contribution in [3.63, 3.8) is 0 Å². The second-order valence-corrected chi connectivity index (χ2v) is 5.39. The topological polar surface area (TPSA) is 21.3 Å². The molecule has 0 amide bonds. The van der Waals surface area contributed by atoms with Gasteiger partial charge >= 0.3 is 0 Å². The first-order valence-electron chi connectivity index (χ1n) is 7.64. The highest BCUT2D eigenvalue weighted by molar-refractivity contribution is 4.81. The molecule has 0 aromatic heterocycles. The molecule has 0 heterocycles. The van der Waals surface area contributed by atoms with Crippen molar-refractivity contribution in [1.82, 2.24) is 5.32 Å². The van der Waals surface area contributed by atoms with Crippen LogP contribution in [0, 0.1) is 0 Å². The third-order valence-corrected chi connectivity index (χ3v) is 3.94. The van der Waals surface area contributed by atoms with Crippen LogP contribution in [0.3, 0.4) is 0 Å². The lowest BCUT2D eigenvalue weighted by atomic mass is 9.92. The minimum Gasteiger partial charge on any atom is -0.380 e. The molecule has 17 heavy (non-hydrogen) atoms. The van der Waals surface area contributed by atoms with Crippen molar-refractivity contribution in [2.75, 3.05) is 13.7 Å². The molecular weight excluding hydrogens is 210 g/mol. The van der Waals surface area contributed by atoms with Gasteiger partial charge in [-0.25, -0.2) is 0 Å². The van der Waals surface area contributed by atoms with Crippen LogP contribution in [-0.2, 0) is 4.74 Å². The Labute approximate surface area is 108 Å². The Morgan fingerprint density at radius 1 is 1.00 bits per heavy atom. The lowest BCUT2D eigenvalue weighted by molar-refractivity contribution is 0.0418. The van der Waals surface area contributed by atoms with E-state index in [1.54, 1.807) is 0 Å². The van der Waals surface area contributed by atoms with Crippen molar-refractivity contribution in [1.29, 1.82) is 0 Å². The number of methoxy groups -OCH3 is 1. The average molecular weight is 241 g/mol. The zero-order valence-corrected chi connectivity index (χ0v) is 11.8. The van der Waals surface area contributed by atoms with Gasteiger partial charge < -0.3 is 10.1 Å². The Morgan fingerprint density at radius 3 is 2.47 bits per heavy atom. The lowest BCUT2D eigenvalue weighted by Gasteiger charge is -2.31. The molecule has 2 atom stereocenters. The van der Waals surface area contributed by atoms with Gasteiger partial charge in [0, 0.05) is 13.2 Å². The molecule has 1 aliphatic rings. The number of unbranched alkanes of at least 4 members (excludes halogenated alkanes) is 5. The maximum Gasteiger partial charge on any atom is 0.0724 e. The summed E-state index contributed by atoms with van der Waals surface area (Å²) in [7, 11) is 1.86. The van der Waals surface area contributed by atoms with Gasteiger partial charge in [0.25, 0.3) is 0 Å². The van der Waals surface area contributed by atoms with Gasteiger partial charge in [-0.15, -0.1) is 0 Å². The second kappa shape index (κ2) is 9.90. The fourth-order valence-electron chi connectivity index (χ4n) is 2.81. The van der Waals surface area contributed by atoms with Gasteiger partial charge in [-0.2, -0.15) is 0 Å². The smallest absolute Gasteiger partial charge is 0.0724 e. The van der Waals surface area contributed by atoms with Crippen LogP contribution in [0.1, 0.15) is 71.1 Å². The van der Waals surface area contributed by atoms with E-state index in [2.05, 4.69) is 12.2 Å². The molecule has 2 heteroatoms. The maximum absolute atomic E-state index is 5.55. The summed E-state index contributed by atoms with van der Waals surface area (Å²) in [6, 6.07) is 0.615. The fraction of sp³-hybridized carbons (Fsp3) is 1.00. The molecule has 1 rings (SSSR count). The van der Waals surface area contributed by atoms with Crippen molar-refractivity contribution >= 4 is 0 Å². The van der Waals surface area contributed by atoms with E-state index < -0.39 is 0 Å². The van der Waals surface area contributed by atoms with Crippen molar-refractivity contribution in [2.24, 2.45) is 0 Å². The van der Waals surface area contributed by atoms with E-state index in [9.17, 15) is 0 Å². The Morgan fingerprint density at radius 2 is 1.71 bits per heavy atom. The van der Waals surface area contributed by atoms with Crippen LogP contribution in [0.15, 0.2) is 0 Å². The van der Waals surface area contributed by atoms with E-state index in [0.717, 1.165) is 0 Å². The Hall–Kier alpha value is -0.0800. The van der Waals surface area contributed by atoms with E-state index in [-0.39, 0.29) is 0 Å². The van der Waals surface area contributed by atoms with Crippen molar-refractivity contribution in [3.8, 4) is 0 Å². The van der Waals surface area contributed by atoms with E-state index >= 15 is 0 Å². The molecule has 2 nitrogen and oxygen atoms in total. The molecular formula is C15H31NO. The summed E-state index contributed by atoms with van der Waals surface area (Å²) in [5.74, 6) is 0. The summed E-state index contributed by atoms with van der Waals surface area (Å²) < 4.78 is 5.55. The van der Waals surface area contributed by atoms with E-state index in [4.69, 9.17) is 4.74 Å². The van der Waals surface area contributed by atoms with Gasteiger partial charge in [-0.3, -0.25) is 0 Å². The quantitative estimate of drug-likeness (QED) is 0.618. The SMILES string of the molecule is CCCCCCCCNC1CCCCC1OC. The van der Waals surface area contributed by atoms with E-state index in [1.807, 2.05) is 7.11 Å². The predicted octanol–water partition coefficient (Wildman–Crippen LogP) is 3.89. The van der Waals surface area contributed by atoms with Gasteiger partial charge in [0.15, 0.2) is 0 Å². The molecule has 0 aromatic carbocycles. The van der Waals surface area contributed by atoms with Gasteiger partial charge in [-0.05, 0) is 25.8 Å². The third kappa shape index (κ3) is 6.42. The molecule has 0 bridgehead atoms. The van der Waals surface area contributed by atoms with Crippen molar-refractivity contribution < 1.29 is 4.74 Å². The number of hydrogen-bond acceptors (Lipinski definition) is 2. The van der Waals surface area contributed by atoms with Gasteiger partial charge in [0.2, 0.25) is 0 Å². The molecule has 1 aliphatic carbocycles. The van der Waals surface area contributed by atoms with Gasteiger partial charge in [0.05, 0.1) is 6.10 Å². The van der Waals surface area contributed by atoms with Crippen LogP contribution in [0.4, 0.5) is 0 Å². The molecule has 0 radical (unpaired) electrons. The highest BCUT2D eigenvalue weighted by atomic mass is 16.5. The molecule has 1 saturated carbocycles. The minimum absolute atomic E-state index is 0.462. The standard InChI is InChI=1S/C15H31NO/c1-3-4-5-6-7-10-13-16-14-11-8-9-12-15(14)17-2/h14-16H,3-13H2,1-2H3. The normalized spacial score (nSPS) is 25.1. The second-order valence-electron chi connectivity index (χ2n) is 5.39. The Kier molecular flexibility index (Phi) is 8.72. The number of hydrogen-bond donors (Lipinski definition) is 1. The summed E-state index contributed by atoms with van der Waals surface area (Å²) in [5, 5.41) is 3.69. The minimum atomic E-state index is 0.462. The maximum atomic E-state index is 5.55. The monoisotopic (exact) mass is 241 g/mol. The predicted molar refractivity (Wildman–Crippen MR) is 74.4 cm³/mol. The molecule has 1 N–H and O–H groups in total. The highest BCUT2D eigenvalue weighted by Gasteiger charge is 2.23. The highest BCUT2D eigenvalue weighted by Crippen LogP contribution is 2.20. The summed E-state index contributed by atoms with van der Waals surface area (Å²) >= 11 is 0. The zero-order chi connectivity index (χ0) is 12.3.